The lowest BCUT2D eigenvalue weighted by Crippen LogP contribution is -2.06. The number of allylic oxidation sites excluding steroid dienone is 1. The van der Waals surface area contributed by atoms with Crippen LogP contribution in [0.2, 0.25) is 0 Å². The Morgan fingerprint density at radius 2 is 1.18 bits per heavy atom. The summed E-state index contributed by atoms with van der Waals surface area (Å²) in [6.07, 6.45) is 5.61. The second kappa shape index (κ2) is 12.0. The number of hydrogen-bond acceptors (Lipinski definition) is 5. The third-order valence-corrected chi connectivity index (χ3v) is 9.91. The molecule has 5 nitrogen and oxygen atoms in total. The minimum absolute atomic E-state index is 0.876. The van der Waals surface area contributed by atoms with E-state index in [1.54, 1.807) is 0 Å². The fourth-order valence-electron chi connectivity index (χ4n) is 7.25. The van der Waals surface area contributed by atoms with Crippen molar-refractivity contribution in [2.45, 2.75) is 12.8 Å². The van der Waals surface area contributed by atoms with Gasteiger partial charge in [0.25, 0.3) is 0 Å². The van der Waals surface area contributed by atoms with Gasteiger partial charge in [-0.25, -0.2) is 9.97 Å². The highest BCUT2D eigenvalue weighted by atomic mass is 16.3. The zero-order valence-corrected chi connectivity index (χ0v) is 27.6. The van der Waals surface area contributed by atoms with Crippen LogP contribution >= 0.6 is 0 Å². The molecular formula is C46H30N4O. The second-order valence-corrected chi connectivity index (χ2v) is 13.0. The Balaban J connectivity index is 0.990. The minimum Gasteiger partial charge on any atom is -0.455 e. The molecule has 0 aliphatic carbocycles. The average molecular weight is 655 g/mol. The number of nitrogens with zero attached hydrogens (tertiary/aromatic N) is 4. The smallest absolute Gasteiger partial charge is 0.143 e. The summed E-state index contributed by atoms with van der Waals surface area (Å²) in [5.41, 5.74) is 14.1. The first-order chi connectivity index (χ1) is 25.2. The first-order valence-electron chi connectivity index (χ1n) is 17.2. The van der Waals surface area contributed by atoms with E-state index in [9.17, 15) is 0 Å². The molecule has 51 heavy (non-hydrogen) atoms. The van der Waals surface area contributed by atoms with Crippen molar-refractivity contribution < 1.29 is 4.42 Å². The molecule has 5 aromatic carbocycles. The van der Waals surface area contributed by atoms with Crippen molar-refractivity contribution in [3.05, 3.63) is 169 Å². The van der Waals surface area contributed by atoms with E-state index < -0.39 is 0 Å². The largest absolute Gasteiger partial charge is 0.455 e. The molecule has 0 radical (unpaired) electrons. The zero-order chi connectivity index (χ0) is 33.7. The van der Waals surface area contributed by atoms with Gasteiger partial charge in [-0.05, 0) is 65.9 Å². The van der Waals surface area contributed by atoms with Crippen molar-refractivity contribution in [3.63, 3.8) is 0 Å². The standard InChI is InChI=1S/C46H30N4O/c1-2-13-43-37(9-1)38-11-6-10-36(46(38)51-43)33-7-5-8-34(27-33)40-24-21-32-19-18-31-20-23-39(49-44(31)45(32)50-40)30-16-14-29(15-17-30)35-22-25-42(48-28-35)41-12-3-4-26-47-41/h1-21,23-24,26-28H,22,25H2. The molecule has 0 atom stereocenters. The van der Waals surface area contributed by atoms with Crippen molar-refractivity contribution in [2.75, 3.05) is 0 Å². The molecule has 10 rings (SSSR count). The van der Waals surface area contributed by atoms with E-state index in [2.05, 4.69) is 120 Å². The van der Waals surface area contributed by atoms with Gasteiger partial charge in [-0.3, -0.25) is 9.98 Å². The maximum atomic E-state index is 6.36. The highest BCUT2D eigenvalue weighted by Crippen LogP contribution is 2.37. The minimum atomic E-state index is 0.876. The quantitative estimate of drug-likeness (QED) is 0.173. The van der Waals surface area contributed by atoms with Gasteiger partial charge in [-0.1, -0.05) is 109 Å². The molecule has 4 aromatic heterocycles. The van der Waals surface area contributed by atoms with Crippen LogP contribution in [0.3, 0.4) is 0 Å². The summed E-state index contributed by atoms with van der Waals surface area (Å²) in [5, 5.41) is 4.37. The Bertz CT molecular complexity index is 2850. The van der Waals surface area contributed by atoms with Crippen LogP contribution in [0.25, 0.3) is 83.0 Å². The maximum Gasteiger partial charge on any atom is 0.143 e. The van der Waals surface area contributed by atoms with Crippen LogP contribution in [0.4, 0.5) is 0 Å². The SMILES string of the molecule is C1=C(c2ccc(-c3ccc4ccc5ccc(-c6cccc(-c7cccc8c7oc7ccccc78)c6)nc5c4n3)cc2)CCC(c2ccccn2)=N1. The van der Waals surface area contributed by atoms with Crippen LogP contribution in [-0.4, -0.2) is 20.7 Å². The van der Waals surface area contributed by atoms with Crippen LogP contribution in [0.15, 0.2) is 167 Å². The number of fused-ring (bicyclic) bond motifs is 6. The van der Waals surface area contributed by atoms with E-state index in [-0.39, 0.29) is 0 Å². The third-order valence-electron chi connectivity index (χ3n) is 9.91. The second-order valence-electron chi connectivity index (χ2n) is 13.0. The van der Waals surface area contributed by atoms with Crippen molar-refractivity contribution in [1.82, 2.24) is 15.0 Å². The highest BCUT2D eigenvalue weighted by molar-refractivity contribution is 6.10. The number of aromatic nitrogens is 3. The van der Waals surface area contributed by atoms with Gasteiger partial charge in [0.1, 0.15) is 11.2 Å². The topological polar surface area (TPSA) is 64.2 Å². The summed E-state index contributed by atoms with van der Waals surface area (Å²) in [5.74, 6) is 0. The van der Waals surface area contributed by atoms with Gasteiger partial charge in [0.15, 0.2) is 0 Å². The van der Waals surface area contributed by atoms with Crippen LogP contribution in [0, 0.1) is 0 Å². The molecule has 0 amide bonds. The molecule has 9 aromatic rings. The normalized spacial score (nSPS) is 13.2. The van der Waals surface area contributed by atoms with Crippen molar-refractivity contribution in [2.24, 2.45) is 4.99 Å². The van der Waals surface area contributed by atoms with Gasteiger partial charge >= 0.3 is 0 Å². The van der Waals surface area contributed by atoms with E-state index in [1.807, 2.05) is 42.7 Å². The zero-order valence-electron chi connectivity index (χ0n) is 27.6. The van der Waals surface area contributed by atoms with Crippen molar-refractivity contribution in [1.29, 1.82) is 0 Å². The molecule has 1 aliphatic heterocycles. The van der Waals surface area contributed by atoms with Crippen LogP contribution < -0.4 is 0 Å². The van der Waals surface area contributed by atoms with E-state index in [1.165, 1.54) is 11.1 Å². The van der Waals surface area contributed by atoms with Gasteiger partial charge in [0.2, 0.25) is 0 Å². The molecule has 240 valence electrons. The van der Waals surface area contributed by atoms with Gasteiger partial charge in [-0.2, -0.15) is 0 Å². The third kappa shape index (κ3) is 5.18. The number of pyridine rings is 3. The summed E-state index contributed by atoms with van der Waals surface area (Å²) in [7, 11) is 0. The Morgan fingerprint density at radius 3 is 1.94 bits per heavy atom. The van der Waals surface area contributed by atoms with Gasteiger partial charge in [-0.15, -0.1) is 0 Å². The average Bonchev–Trinajstić information content (AvgIpc) is 3.60. The first kappa shape index (κ1) is 29.2. The van der Waals surface area contributed by atoms with E-state index in [0.29, 0.717) is 0 Å². The van der Waals surface area contributed by atoms with Crippen LogP contribution in [0.5, 0.6) is 0 Å². The number of aliphatic imine (C=N–C) groups is 1. The molecule has 5 heteroatoms. The summed E-state index contributed by atoms with van der Waals surface area (Å²) in [4.78, 5) is 19.6. The lowest BCUT2D eigenvalue weighted by molar-refractivity contribution is 0.670. The Labute approximate surface area is 294 Å². The summed E-state index contributed by atoms with van der Waals surface area (Å²) < 4.78 is 6.36. The molecule has 5 heterocycles. The van der Waals surface area contributed by atoms with Crippen molar-refractivity contribution in [3.8, 4) is 33.6 Å². The van der Waals surface area contributed by atoms with Gasteiger partial charge in [0.05, 0.1) is 33.8 Å². The number of furan rings is 1. The fraction of sp³-hybridized carbons (Fsp3) is 0.0435. The maximum absolute atomic E-state index is 6.36. The first-order valence-corrected chi connectivity index (χ1v) is 17.2. The molecule has 0 saturated heterocycles. The summed E-state index contributed by atoms with van der Waals surface area (Å²) >= 11 is 0. The predicted octanol–water partition coefficient (Wildman–Crippen LogP) is 11.7. The number of rotatable bonds is 5. The highest BCUT2D eigenvalue weighted by Gasteiger charge is 2.15. The molecule has 1 aliphatic rings. The van der Waals surface area contributed by atoms with Crippen LogP contribution in [0.1, 0.15) is 24.1 Å². The lowest BCUT2D eigenvalue weighted by atomic mass is 9.96. The monoisotopic (exact) mass is 654 g/mol. The van der Waals surface area contributed by atoms with Crippen LogP contribution in [-0.2, 0) is 0 Å². The Kier molecular flexibility index (Phi) is 6.88. The number of hydrogen-bond donors (Lipinski definition) is 0. The Morgan fingerprint density at radius 1 is 0.490 bits per heavy atom. The molecule has 0 fully saturated rings. The van der Waals surface area contributed by atoms with Gasteiger partial charge < -0.3 is 4.42 Å². The van der Waals surface area contributed by atoms with E-state index in [4.69, 9.17) is 19.4 Å². The lowest BCUT2D eigenvalue weighted by Gasteiger charge is -2.14. The molecule has 0 unspecified atom stereocenters. The van der Waals surface area contributed by atoms with Crippen molar-refractivity contribution >= 4 is 55.0 Å². The number of benzene rings is 5. The molecule has 0 bridgehead atoms. The fourth-order valence-corrected chi connectivity index (χ4v) is 7.25. The summed E-state index contributed by atoms with van der Waals surface area (Å²) in [6.45, 7) is 0. The predicted molar refractivity (Wildman–Crippen MR) is 209 cm³/mol. The van der Waals surface area contributed by atoms with E-state index >= 15 is 0 Å². The number of para-hydroxylation sites is 2. The molecule has 0 N–H and O–H groups in total. The summed E-state index contributed by atoms with van der Waals surface area (Å²) in [6, 6.07) is 50.5. The van der Waals surface area contributed by atoms with E-state index in [0.717, 1.165) is 102 Å². The molecule has 0 spiro atoms. The van der Waals surface area contributed by atoms with Gasteiger partial charge in [0, 0.05) is 50.6 Å². The molecular weight excluding hydrogens is 625 g/mol. The Hall–Kier alpha value is -6.72. The molecule has 0 saturated carbocycles.